The van der Waals surface area contributed by atoms with Crippen LogP contribution in [0.3, 0.4) is 0 Å². The number of nitrogens with zero attached hydrogens (tertiary/aromatic N) is 3. The Bertz CT molecular complexity index is 826. The summed E-state index contributed by atoms with van der Waals surface area (Å²) in [5, 5.41) is 5.26. The first-order chi connectivity index (χ1) is 10.0. The summed E-state index contributed by atoms with van der Waals surface area (Å²) in [5.41, 5.74) is 2.71. The van der Waals surface area contributed by atoms with Crippen molar-refractivity contribution in [3.8, 4) is 5.13 Å². The Kier molecular flexibility index (Phi) is 2.57. The Labute approximate surface area is 126 Å². The summed E-state index contributed by atoms with van der Waals surface area (Å²) in [6.45, 7) is 4.26. The van der Waals surface area contributed by atoms with Gasteiger partial charge in [0, 0.05) is 6.42 Å². The Morgan fingerprint density at radius 1 is 1.24 bits per heavy atom. The van der Waals surface area contributed by atoms with Crippen molar-refractivity contribution in [3.05, 3.63) is 41.7 Å². The molecule has 3 aromatic rings. The molecule has 1 aromatic carbocycles. The van der Waals surface area contributed by atoms with E-state index in [1.165, 1.54) is 0 Å². The first-order valence-electron chi connectivity index (χ1n) is 7.00. The van der Waals surface area contributed by atoms with Crippen LogP contribution in [0.25, 0.3) is 15.3 Å². The van der Waals surface area contributed by atoms with Crippen LogP contribution in [0.5, 0.6) is 0 Å². The van der Waals surface area contributed by atoms with E-state index in [0.717, 1.165) is 33.0 Å². The number of carbonyl (C=O) groups excluding carboxylic acids is 1. The van der Waals surface area contributed by atoms with Crippen LogP contribution in [0.1, 0.15) is 36.3 Å². The van der Waals surface area contributed by atoms with Crippen molar-refractivity contribution < 1.29 is 4.79 Å². The van der Waals surface area contributed by atoms with Gasteiger partial charge in [0.2, 0.25) is 5.13 Å². The molecule has 0 spiro atoms. The molecule has 2 aromatic heterocycles. The number of benzene rings is 1. The second-order valence-corrected chi connectivity index (χ2v) is 7.33. The monoisotopic (exact) mass is 297 g/mol. The van der Waals surface area contributed by atoms with Crippen LogP contribution >= 0.6 is 11.3 Å². The SMILES string of the molecule is CC1(C)CC(=O)c2cnn(-c3nc4ccccc4s3)c2C1. The fraction of sp³-hybridized carbons (Fsp3) is 0.312. The summed E-state index contributed by atoms with van der Waals surface area (Å²) in [5.74, 6) is 0.189. The van der Waals surface area contributed by atoms with Crippen molar-refractivity contribution in [2.75, 3.05) is 0 Å². The lowest BCUT2D eigenvalue weighted by Crippen LogP contribution is -2.27. The van der Waals surface area contributed by atoms with Crippen molar-refractivity contribution >= 4 is 27.3 Å². The predicted octanol–water partition coefficient (Wildman–Crippen LogP) is 3.64. The van der Waals surface area contributed by atoms with Crippen LogP contribution in [0.15, 0.2) is 30.5 Å². The van der Waals surface area contributed by atoms with E-state index in [4.69, 9.17) is 0 Å². The van der Waals surface area contributed by atoms with Crippen molar-refractivity contribution in [1.29, 1.82) is 0 Å². The molecule has 4 nitrogen and oxygen atoms in total. The van der Waals surface area contributed by atoms with Gasteiger partial charge in [-0.2, -0.15) is 5.10 Å². The minimum Gasteiger partial charge on any atom is -0.294 e. The number of ketones is 1. The second-order valence-electron chi connectivity index (χ2n) is 6.32. The largest absolute Gasteiger partial charge is 0.294 e. The van der Waals surface area contributed by atoms with Gasteiger partial charge in [0.05, 0.1) is 27.7 Å². The molecule has 1 aliphatic carbocycles. The van der Waals surface area contributed by atoms with Crippen LogP contribution < -0.4 is 0 Å². The Hall–Kier alpha value is -2.01. The Morgan fingerprint density at radius 2 is 2.05 bits per heavy atom. The van der Waals surface area contributed by atoms with Crippen molar-refractivity contribution in [3.63, 3.8) is 0 Å². The normalized spacial score (nSPS) is 17.1. The highest BCUT2D eigenvalue weighted by atomic mass is 32.1. The lowest BCUT2D eigenvalue weighted by atomic mass is 9.76. The summed E-state index contributed by atoms with van der Waals surface area (Å²) < 4.78 is 2.98. The molecule has 0 saturated heterocycles. The topological polar surface area (TPSA) is 47.8 Å². The predicted molar refractivity (Wildman–Crippen MR) is 83.2 cm³/mol. The van der Waals surface area contributed by atoms with E-state index in [2.05, 4.69) is 30.0 Å². The lowest BCUT2D eigenvalue weighted by molar-refractivity contribution is 0.0911. The number of para-hydroxylation sites is 1. The summed E-state index contributed by atoms with van der Waals surface area (Å²) in [6.07, 6.45) is 3.13. The van der Waals surface area contributed by atoms with Gasteiger partial charge in [0.25, 0.3) is 0 Å². The lowest BCUT2D eigenvalue weighted by Gasteiger charge is -2.28. The van der Waals surface area contributed by atoms with Gasteiger partial charge in [-0.05, 0) is 24.0 Å². The van der Waals surface area contributed by atoms with Gasteiger partial charge in [-0.15, -0.1) is 0 Å². The zero-order valence-electron chi connectivity index (χ0n) is 12.0. The molecule has 106 valence electrons. The number of carbonyl (C=O) groups is 1. The molecule has 0 bridgehead atoms. The fourth-order valence-corrected chi connectivity index (χ4v) is 3.89. The molecule has 4 rings (SSSR count). The number of fused-ring (bicyclic) bond motifs is 2. The molecule has 0 amide bonds. The third-order valence-electron chi connectivity index (χ3n) is 3.92. The van der Waals surface area contributed by atoms with Gasteiger partial charge in [0.1, 0.15) is 0 Å². The van der Waals surface area contributed by atoms with Gasteiger partial charge in [-0.3, -0.25) is 4.79 Å². The van der Waals surface area contributed by atoms with Gasteiger partial charge in [0.15, 0.2) is 5.78 Å². The van der Waals surface area contributed by atoms with Crippen LogP contribution in [0.4, 0.5) is 0 Å². The number of thiazole rings is 1. The maximum Gasteiger partial charge on any atom is 0.211 e. The van der Waals surface area contributed by atoms with E-state index in [1.807, 2.05) is 22.9 Å². The maximum absolute atomic E-state index is 12.2. The zero-order chi connectivity index (χ0) is 14.6. The van der Waals surface area contributed by atoms with Crippen LogP contribution in [-0.4, -0.2) is 20.5 Å². The minimum absolute atomic E-state index is 0.0153. The molecule has 5 heteroatoms. The highest BCUT2D eigenvalue weighted by Gasteiger charge is 2.34. The van der Waals surface area contributed by atoms with Crippen LogP contribution in [0.2, 0.25) is 0 Å². The molecule has 21 heavy (non-hydrogen) atoms. The van der Waals surface area contributed by atoms with Crippen molar-refractivity contribution in [2.45, 2.75) is 26.7 Å². The van der Waals surface area contributed by atoms with E-state index in [9.17, 15) is 4.79 Å². The molecule has 0 fully saturated rings. The molecule has 0 radical (unpaired) electrons. The Balaban J connectivity index is 1.89. The number of rotatable bonds is 1. The van der Waals surface area contributed by atoms with E-state index in [-0.39, 0.29) is 11.2 Å². The number of aromatic nitrogens is 3. The van der Waals surface area contributed by atoms with Gasteiger partial charge >= 0.3 is 0 Å². The molecule has 2 heterocycles. The van der Waals surface area contributed by atoms with E-state index in [1.54, 1.807) is 17.5 Å². The van der Waals surface area contributed by atoms with Gasteiger partial charge in [-0.25, -0.2) is 9.67 Å². The molecule has 0 aliphatic heterocycles. The quantitative estimate of drug-likeness (QED) is 0.689. The maximum atomic E-state index is 12.2. The first-order valence-corrected chi connectivity index (χ1v) is 7.81. The summed E-state index contributed by atoms with van der Waals surface area (Å²) >= 11 is 1.61. The smallest absolute Gasteiger partial charge is 0.211 e. The van der Waals surface area contributed by atoms with Crippen LogP contribution in [0, 0.1) is 5.41 Å². The Morgan fingerprint density at radius 3 is 2.86 bits per heavy atom. The summed E-state index contributed by atoms with van der Waals surface area (Å²) in [6, 6.07) is 8.05. The first kappa shape index (κ1) is 12.7. The average Bonchev–Trinajstić information content (AvgIpc) is 2.99. The highest BCUT2D eigenvalue weighted by Crippen LogP contribution is 2.36. The fourth-order valence-electron chi connectivity index (χ4n) is 2.94. The van der Waals surface area contributed by atoms with Gasteiger partial charge in [-0.1, -0.05) is 37.3 Å². The third-order valence-corrected chi connectivity index (χ3v) is 4.93. The minimum atomic E-state index is -0.0153. The van der Waals surface area contributed by atoms with E-state index >= 15 is 0 Å². The standard InChI is InChI=1S/C16H15N3OS/c1-16(2)7-12-10(13(20)8-16)9-17-19(12)15-18-11-5-3-4-6-14(11)21-15/h3-6,9H,7-8H2,1-2H3. The molecule has 0 saturated carbocycles. The number of hydrogen-bond donors (Lipinski definition) is 0. The third kappa shape index (κ3) is 2.00. The molecule has 0 N–H and O–H groups in total. The number of hydrogen-bond acceptors (Lipinski definition) is 4. The van der Waals surface area contributed by atoms with Crippen molar-refractivity contribution in [2.24, 2.45) is 5.41 Å². The average molecular weight is 297 g/mol. The van der Waals surface area contributed by atoms with E-state index in [0.29, 0.717) is 6.42 Å². The summed E-state index contributed by atoms with van der Waals surface area (Å²) in [4.78, 5) is 16.9. The molecule has 0 atom stereocenters. The summed E-state index contributed by atoms with van der Waals surface area (Å²) in [7, 11) is 0. The zero-order valence-corrected chi connectivity index (χ0v) is 12.8. The molecular formula is C16H15N3OS. The molecule has 1 aliphatic rings. The number of Topliss-reactive ketones (excluding diaryl/α,β-unsaturated/α-hetero) is 1. The highest BCUT2D eigenvalue weighted by molar-refractivity contribution is 7.20. The molecular weight excluding hydrogens is 282 g/mol. The van der Waals surface area contributed by atoms with Crippen LogP contribution in [-0.2, 0) is 6.42 Å². The van der Waals surface area contributed by atoms with E-state index < -0.39 is 0 Å². The second kappa shape index (κ2) is 4.24. The molecule has 0 unspecified atom stereocenters. The van der Waals surface area contributed by atoms with Crippen molar-refractivity contribution in [1.82, 2.24) is 14.8 Å². The van der Waals surface area contributed by atoms with Gasteiger partial charge < -0.3 is 0 Å².